The van der Waals surface area contributed by atoms with E-state index in [4.69, 9.17) is 21.1 Å². The molecule has 0 saturated carbocycles. The predicted octanol–water partition coefficient (Wildman–Crippen LogP) is 0.535. The monoisotopic (exact) mass is 361 g/mol. The molecule has 2 aromatic rings. The fourth-order valence-electron chi connectivity index (χ4n) is 1.74. The summed E-state index contributed by atoms with van der Waals surface area (Å²) in [7, 11) is -1.59. The van der Waals surface area contributed by atoms with Gasteiger partial charge in [0.15, 0.2) is 4.90 Å². The van der Waals surface area contributed by atoms with Crippen molar-refractivity contribution in [3.05, 3.63) is 44.2 Å². The van der Waals surface area contributed by atoms with Crippen LogP contribution in [-0.2, 0) is 10.0 Å². The Kier molecular flexibility index (Phi) is 4.66. The second kappa shape index (κ2) is 6.34. The SMILES string of the molecule is COc1cc(NS(=O)(=O)c2c[nH]c(=O)[nH]c2=O)c(OC)cc1Cl. The molecule has 0 saturated heterocycles. The second-order valence-corrected chi connectivity index (χ2v) is 6.29. The quantitative estimate of drug-likeness (QED) is 0.712. The zero-order valence-electron chi connectivity index (χ0n) is 12.0. The van der Waals surface area contributed by atoms with Crippen molar-refractivity contribution in [2.45, 2.75) is 4.90 Å². The van der Waals surface area contributed by atoms with Gasteiger partial charge in [-0.2, -0.15) is 0 Å². The fourth-order valence-corrected chi connectivity index (χ4v) is 3.04. The normalized spacial score (nSPS) is 11.1. The van der Waals surface area contributed by atoms with E-state index in [0.29, 0.717) is 0 Å². The van der Waals surface area contributed by atoms with E-state index in [0.717, 1.165) is 6.20 Å². The molecular formula is C12H12ClN3O6S. The Morgan fingerprint density at radius 3 is 2.35 bits per heavy atom. The van der Waals surface area contributed by atoms with Crippen LogP contribution in [0, 0.1) is 0 Å². The van der Waals surface area contributed by atoms with Crippen molar-refractivity contribution in [3.63, 3.8) is 0 Å². The van der Waals surface area contributed by atoms with Crippen LogP contribution in [0.2, 0.25) is 5.02 Å². The number of ether oxygens (including phenoxy) is 2. The smallest absolute Gasteiger partial charge is 0.325 e. The number of hydrogen-bond donors (Lipinski definition) is 3. The van der Waals surface area contributed by atoms with Crippen molar-refractivity contribution >= 4 is 27.3 Å². The molecule has 1 aromatic carbocycles. The van der Waals surface area contributed by atoms with E-state index in [-0.39, 0.29) is 22.2 Å². The molecule has 11 heteroatoms. The third-order valence-electron chi connectivity index (χ3n) is 2.79. The van der Waals surface area contributed by atoms with Crippen LogP contribution in [-0.4, -0.2) is 32.6 Å². The van der Waals surface area contributed by atoms with Crippen molar-refractivity contribution in [2.75, 3.05) is 18.9 Å². The van der Waals surface area contributed by atoms with Gasteiger partial charge in [-0.25, -0.2) is 13.2 Å². The van der Waals surface area contributed by atoms with Crippen LogP contribution in [0.5, 0.6) is 11.5 Å². The number of halogens is 1. The molecule has 0 spiro atoms. The average molecular weight is 362 g/mol. The zero-order chi connectivity index (χ0) is 17.2. The van der Waals surface area contributed by atoms with Crippen LogP contribution in [0.3, 0.4) is 0 Å². The largest absolute Gasteiger partial charge is 0.495 e. The minimum absolute atomic E-state index is 0.0133. The fraction of sp³-hybridized carbons (Fsp3) is 0.167. The molecule has 1 heterocycles. The molecule has 0 atom stereocenters. The summed E-state index contributed by atoms with van der Waals surface area (Å²) >= 11 is 5.93. The van der Waals surface area contributed by atoms with E-state index in [9.17, 15) is 18.0 Å². The molecule has 0 aliphatic rings. The standard InChI is InChI=1S/C12H12ClN3O6S/c1-21-8-4-7(9(22-2)3-6(8)13)16-23(19,20)10-5-14-12(18)15-11(10)17/h3-5,16H,1-2H3,(H2,14,15,17,18). The van der Waals surface area contributed by atoms with E-state index >= 15 is 0 Å². The first-order valence-corrected chi connectivity index (χ1v) is 7.91. The number of anilines is 1. The molecule has 9 nitrogen and oxygen atoms in total. The van der Waals surface area contributed by atoms with Crippen molar-refractivity contribution in [1.82, 2.24) is 9.97 Å². The number of aromatic amines is 2. The van der Waals surface area contributed by atoms with E-state index in [1.54, 1.807) is 0 Å². The molecule has 0 aliphatic heterocycles. The van der Waals surface area contributed by atoms with E-state index in [1.807, 2.05) is 4.98 Å². The summed E-state index contributed by atoms with van der Waals surface area (Å²) in [5.41, 5.74) is -1.86. The molecule has 0 unspecified atom stereocenters. The number of hydrogen-bond acceptors (Lipinski definition) is 6. The highest BCUT2D eigenvalue weighted by atomic mass is 35.5. The van der Waals surface area contributed by atoms with Gasteiger partial charge in [-0.15, -0.1) is 0 Å². The Bertz CT molecular complexity index is 950. The van der Waals surface area contributed by atoms with Gasteiger partial charge in [0, 0.05) is 18.3 Å². The second-order valence-electron chi connectivity index (χ2n) is 4.23. The number of rotatable bonds is 5. The van der Waals surface area contributed by atoms with Gasteiger partial charge in [0.1, 0.15) is 11.5 Å². The summed E-state index contributed by atoms with van der Waals surface area (Å²) in [6.45, 7) is 0. The Morgan fingerprint density at radius 1 is 1.13 bits per heavy atom. The van der Waals surface area contributed by atoms with Crippen LogP contribution in [0.1, 0.15) is 0 Å². The van der Waals surface area contributed by atoms with Crippen LogP contribution in [0.25, 0.3) is 0 Å². The maximum atomic E-state index is 12.3. The zero-order valence-corrected chi connectivity index (χ0v) is 13.5. The Morgan fingerprint density at radius 2 is 1.78 bits per heavy atom. The highest BCUT2D eigenvalue weighted by Gasteiger charge is 2.22. The number of H-pyrrole nitrogens is 2. The molecular weight excluding hydrogens is 350 g/mol. The lowest BCUT2D eigenvalue weighted by Gasteiger charge is -2.13. The van der Waals surface area contributed by atoms with Gasteiger partial charge >= 0.3 is 5.69 Å². The van der Waals surface area contributed by atoms with Crippen LogP contribution >= 0.6 is 11.6 Å². The maximum Gasteiger partial charge on any atom is 0.325 e. The van der Waals surface area contributed by atoms with Gasteiger partial charge in [0.2, 0.25) is 0 Å². The summed E-state index contributed by atoms with van der Waals surface area (Å²) in [5, 5.41) is 0.217. The first-order valence-electron chi connectivity index (χ1n) is 6.05. The molecule has 0 radical (unpaired) electrons. The first kappa shape index (κ1) is 16.9. The molecule has 3 N–H and O–H groups in total. The van der Waals surface area contributed by atoms with Crippen molar-refractivity contribution in [2.24, 2.45) is 0 Å². The van der Waals surface area contributed by atoms with Crippen molar-refractivity contribution in [1.29, 1.82) is 0 Å². The van der Waals surface area contributed by atoms with Gasteiger partial charge in [0.05, 0.1) is 24.9 Å². The predicted molar refractivity (Wildman–Crippen MR) is 83.0 cm³/mol. The topological polar surface area (TPSA) is 130 Å². The molecule has 0 aliphatic carbocycles. The third-order valence-corrected chi connectivity index (χ3v) is 4.46. The third kappa shape index (κ3) is 3.48. The summed E-state index contributed by atoms with van der Waals surface area (Å²) in [6.07, 6.45) is 0.795. The van der Waals surface area contributed by atoms with Gasteiger partial charge < -0.3 is 14.5 Å². The Balaban J connectivity index is 2.52. The molecule has 23 heavy (non-hydrogen) atoms. The Labute approximate surface area is 135 Å². The first-order chi connectivity index (χ1) is 10.8. The van der Waals surface area contributed by atoms with E-state index < -0.39 is 26.2 Å². The van der Waals surface area contributed by atoms with Crippen molar-refractivity contribution in [3.8, 4) is 11.5 Å². The lowest BCUT2D eigenvalue weighted by Crippen LogP contribution is -2.29. The maximum absolute atomic E-state index is 12.3. The molecule has 2 rings (SSSR count). The number of sulfonamides is 1. The number of aromatic nitrogens is 2. The summed E-state index contributed by atoms with van der Waals surface area (Å²) in [4.78, 5) is 25.9. The number of methoxy groups -OCH3 is 2. The van der Waals surface area contributed by atoms with E-state index in [2.05, 4.69) is 9.71 Å². The van der Waals surface area contributed by atoms with Gasteiger partial charge in [0.25, 0.3) is 15.6 Å². The lowest BCUT2D eigenvalue weighted by molar-refractivity contribution is 0.405. The number of benzene rings is 1. The van der Waals surface area contributed by atoms with Crippen LogP contribution < -0.4 is 25.4 Å². The Hall–Kier alpha value is -2.46. The summed E-state index contributed by atoms with van der Waals surface area (Å²) < 4.78 is 36.8. The van der Waals surface area contributed by atoms with E-state index in [1.165, 1.54) is 26.4 Å². The summed E-state index contributed by atoms with van der Waals surface area (Å²) in [6, 6.07) is 2.66. The van der Waals surface area contributed by atoms with Gasteiger partial charge in [-0.05, 0) is 0 Å². The van der Waals surface area contributed by atoms with Gasteiger partial charge in [-0.1, -0.05) is 11.6 Å². The molecule has 0 amide bonds. The molecule has 0 fully saturated rings. The minimum Gasteiger partial charge on any atom is -0.495 e. The molecule has 1 aromatic heterocycles. The van der Waals surface area contributed by atoms with Crippen LogP contribution in [0.15, 0.2) is 32.8 Å². The highest BCUT2D eigenvalue weighted by Crippen LogP contribution is 2.36. The van der Waals surface area contributed by atoms with Gasteiger partial charge in [-0.3, -0.25) is 14.5 Å². The summed E-state index contributed by atoms with van der Waals surface area (Å²) in [5.74, 6) is 0.334. The average Bonchev–Trinajstić information content (AvgIpc) is 2.47. The lowest BCUT2D eigenvalue weighted by atomic mass is 10.3. The van der Waals surface area contributed by atoms with Crippen LogP contribution in [0.4, 0.5) is 5.69 Å². The highest BCUT2D eigenvalue weighted by molar-refractivity contribution is 7.92. The van der Waals surface area contributed by atoms with Crippen molar-refractivity contribution < 1.29 is 17.9 Å². The minimum atomic E-state index is -4.27. The molecule has 0 bridgehead atoms. The molecule has 124 valence electrons. The number of nitrogens with one attached hydrogen (secondary N) is 3.